The third kappa shape index (κ3) is 10.7. The van der Waals surface area contributed by atoms with Crippen LogP contribution in [-0.2, 0) is 9.53 Å². The Morgan fingerprint density at radius 1 is 1.15 bits per heavy atom. The normalized spacial score (nSPS) is 15.9. The molecule has 1 saturated carbocycles. The van der Waals surface area contributed by atoms with E-state index in [2.05, 4.69) is 34.8 Å². The molecule has 0 aliphatic heterocycles. The second kappa shape index (κ2) is 10.4. The van der Waals surface area contributed by atoms with Crippen LogP contribution in [0.3, 0.4) is 0 Å². The van der Waals surface area contributed by atoms with Crippen molar-refractivity contribution < 1.29 is 14.3 Å². The predicted molar refractivity (Wildman–Crippen MR) is 108 cm³/mol. The molecule has 1 aliphatic carbocycles. The first kappa shape index (κ1) is 23.0. The van der Waals surface area contributed by atoms with Crippen LogP contribution < -0.4 is 16.0 Å². The summed E-state index contributed by atoms with van der Waals surface area (Å²) in [5.41, 5.74) is -0.524. The van der Waals surface area contributed by atoms with Gasteiger partial charge in [-0.15, -0.1) is 0 Å². The van der Waals surface area contributed by atoms with Crippen molar-refractivity contribution in [3.63, 3.8) is 0 Å². The van der Waals surface area contributed by atoms with Gasteiger partial charge >= 0.3 is 6.09 Å². The van der Waals surface area contributed by atoms with Gasteiger partial charge in [0.25, 0.3) is 0 Å². The number of hydrogen-bond acceptors (Lipinski definition) is 4. The number of nitrogens with zero attached hydrogens (tertiary/aromatic N) is 2. The van der Waals surface area contributed by atoms with Crippen LogP contribution in [0, 0.1) is 11.8 Å². The topological polar surface area (TPSA) is 95.1 Å². The Morgan fingerprint density at radius 3 is 2.22 bits per heavy atom. The molecule has 1 unspecified atom stereocenters. The van der Waals surface area contributed by atoms with Gasteiger partial charge in [0.05, 0.1) is 6.04 Å². The average molecular weight is 384 g/mol. The molecule has 8 nitrogen and oxygen atoms in total. The molecule has 1 aliphatic rings. The number of alkyl carbamates (subject to hydrolysis) is 1. The van der Waals surface area contributed by atoms with E-state index in [0.29, 0.717) is 24.3 Å². The van der Waals surface area contributed by atoms with Gasteiger partial charge in [-0.05, 0) is 45.4 Å². The molecule has 0 aromatic rings. The lowest BCUT2D eigenvalue weighted by atomic mass is 10.2. The monoisotopic (exact) mass is 383 g/mol. The van der Waals surface area contributed by atoms with Crippen molar-refractivity contribution in [3.8, 4) is 0 Å². The maximum Gasteiger partial charge on any atom is 0.407 e. The summed E-state index contributed by atoms with van der Waals surface area (Å²) >= 11 is 0. The van der Waals surface area contributed by atoms with Crippen molar-refractivity contribution >= 4 is 18.0 Å². The van der Waals surface area contributed by atoms with Gasteiger partial charge in [0.1, 0.15) is 12.1 Å². The molecule has 1 fully saturated rings. The molecule has 3 N–H and O–H groups in total. The molecule has 1 rings (SSSR count). The minimum Gasteiger partial charge on any atom is -0.444 e. The molecule has 0 aromatic carbocycles. The predicted octanol–water partition coefficient (Wildman–Crippen LogP) is 1.57. The van der Waals surface area contributed by atoms with Crippen LogP contribution in [0.1, 0.15) is 47.5 Å². The molecule has 0 spiro atoms. The van der Waals surface area contributed by atoms with Gasteiger partial charge in [0.2, 0.25) is 5.91 Å². The molecule has 0 heterocycles. The number of aliphatic imine (C=N–C) groups is 1. The lowest BCUT2D eigenvalue weighted by molar-refractivity contribution is -0.127. The number of ether oxygens (including phenoxy) is 1. The van der Waals surface area contributed by atoms with Crippen molar-refractivity contribution in [1.29, 1.82) is 0 Å². The van der Waals surface area contributed by atoms with Gasteiger partial charge in [-0.1, -0.05) is 13.8 Å². The zero-order valence-corrected chi connectivity index (χ0v) is 17.9. The molecule has 1 atom stereocenters. The number of nitrogens with one attached hydrogen (secondary N) is 3. The maximum atomic E-state index is 12.1. The number of guanidine groups is 1. The molecule has 0 saturated heterocycles. The van der Waals surface area contributed by atoms with E-state index in [1.807, 2.05) is 20.8 Å². The van der Waals surface area contributed by atoms with E-state index in [4.69, 9.17) is 4.74 Å². The second-order valence-corrected chi connectivity index (χ2v) is 8.70. The highest BCUT2D eigenvalue weighted by molar-refractivity contribution is 5.84. The number of carbonyl (C=O) groups excluding carboxylic acids is 2. The minimum absolute atomic E-state index is 0.0320. The Morgan fingerprint density at radius 2 is 1.74 bits per heavy atom. The Bertz CT molecular complexity index is 522. The van der Waals surface area contributed by atoms with Gasteiger partial charge in [-0.25, -0.2) is 9.79 Å². The summed E-state index contributed by atoms with van der Waals surface area (Å²) < 4.78 is 5.36. The average Bonchev–Trinajstić information content (AvgIpc) is 3.35. The van der Waals surface area contributed by atoms with Crippen LogP contribution >= 0.6 is 0 Å². The zero-order valence-electron chi connectivity index (χ0n) is 17.9. The summed E-state index contributed by atoms with van der Waals surface area (Å²) in [6, 6.07) is -0.0320. The molecule has 27 heavy (non-hydrogen) atoms. The molecular formula is C19H37N5O3. The van der Waals surface area contributed by atoms with Crippen LogP contribution in [0.2, 0.25) is 0 Å². The van der Waals surface area contributed by atoms with Crippen molar-refractivity contribution in [2.75, 3.05) is 33.7 Å². The molecule has 156 valence electrons. The SMILES string of the molecule is CC(C)CNC(=NCC(=O)N(C)C)NCC(NC(=O)OC(C)(C)C)C1CC1. The number of carbonyl (C=O) groups is 2. The molecule has 8 heteroatoms. The number of amides is 2. The van der Waals surface area contributed by atoms with Gasteiger partial charge < -0.3 is 25.6 Å². The van der Waals surface area contributed by atoms with Crippen molar-refractivity contribution in [1.82, 2.24) is 20.9 Å². The fraction of sp³-hybridized carbons (Fsp3) is 0.842. The Kier molecular flexibility index (Phi) is 8.85. The highest BCUT2D eigenvalue weighted by atomic mass is 16.6. The first-order valence-corrected chi connectivity index (χ1v) is 9.69. The first-order valence-electron chi connectivity index (χ1n) is 9.69. The van der Waals surface area contributed by atoms with Crippen LogP contribution in [0.4, 0.5) is 4.79 Å². The van der Waals surface area contributed by atoms with Crippen LogP contribution in [-0.4, -0.2) is 68.2 Å². The van der Waals surface area contributed by atoms with Gasteiger partial charge in [0.15, 0.2) is 5.96 Å². The van der Waals surface area contributed by atoms with Crippen LogP contribution in [0.25, 0.3) is 0 Å². The fourth-order valence-corrected chi connectivity index (χ4v) is 2.26. The number of likely N-dealkylation sites (N-methyl/N-ethyl adjacent to an activating group) is 1. The largest absolute Gasteiger partial charge is 0.444 e. The summed E-state index contributed by atoms with van der Waals surface area (Å²) in [6.45, 7) is 11.1. The molecular weight excluding hydrogens is 346 g/mol. The van der Waals surface area contributed by atoms with Crippen molar-refractivity contribution in [3.05, 3.63) is 0 Å². The van der Waals surface area contributed by atoms with Gasteiger partial charge in [-0.2, -0.15) is 0 Å². The van der Waals surface area contributed by atoms with E-state index < -0.39 is 11.7 Å². The standard InChI is InChI=1S/C19H37N5O3/c1-13(2)10-20-17(22-12-16(25)24(6)7)21-11-15(14-8-9-14)23-18(26)27-19(3,4)5/h13-15H,8-12H2,1-7H3,(H,23,26)(H2,20,21,22). The smallest absolute Gasteiger partial charge is 0.407 e. The fourth-order valence-electron chi connectivity index (χ4n) is 2.26. The van der Waals surface area contributed by atoms with Gasteiger partial charge in [0, 0.05) is 27.2 Å². The summed E-state index contributed by atoms with van der Waals surface area (Å²) in [7, 11) is 3.42. The summed E-state index contributed by atoms with van der Waals surface area (Å²) in [5, 5.41) is 9.46. The highest BCUT2D eigenvalue weighted by Crippen LogP contribution is 2.32. The third-order valence-electron chi connectivity index (χ3n) is 3.93. The quantitative estimate of drug-likeness (QED) is 0.437. The zero-order chi connectivity index (χ0) is 20.6. The van der Waals surface area contributed by atoms with Gasteiger partial charge in [-0.3, -0.25) is 4.79 Å². The summed E-state index contributed by atoms with van der Waals surface area (Å²) in [4.78, 5) is 29.8. The maximum absolute atomic E-state index is 12.1. The first-order chi connectivity index (χ1) is 12.5. The Labute approximate surface area is 163 Å². The van der Waals surface area contributed by atoms with Crippen LogP contribution in [0.5, 0.6) is 0 Å². The molecule has 0 radical (unpaired) electrons. The Hall–Kier alpha value is -1.99. The van der Waals surface area contributed by atoms with E-state index in [1.165, 1.54) is 4.90 Å². The second-order valence-electron chi connectivity index (χ2n) is 8.70. The third-order valence-corrected chi connectivity index (χ3v) is 3.93. The van der Waals surface area contributed by atoms with Crippen molar-refractivity contribution in [2.45, 2.75) is 59.1 Å². The van der Waals surface area contributed by atoms with E-state index in [0.717, 1.165) is 19.4 Å². The molecule has 0 bridgehead atoms. The highest BCUT2D eigenvalue weighted by Gasteiger charge is 2.33. The lowest BCUT2D eigenvalue weighted by Crippen LogP contribution is -2.49. The van der Waals surface area contributed by atoms with E-state index in [9.17, 15) is 9.59 Å². The number of hydrogen-bond donors (Lipinski definition) is 3. The molecule has 0 aromatic heterocycles. The lowest BCUT2D eigenvalue weighted by Gasteiger charge is -2.24. The molecule has 2 amide bonds. The van der Waals surface area contributed by atoms with E-state index >= 15 is 0 Å². The summed E-state index contributed by atoms with van der Waals surface area (Å²) in [6.07, 6.45) is 1.78. The van der Waals surface area contributed by atoms with E-state index in [1.54, 1.807) is 14.1 Å². The van der Waals surface area contributed by atoms with Crippen molar-refractivity contribution in [2.24, 2.45) is 16.8 Å². The Balaban J connectivity index is 2.64. The minimum atomic E-state index is -0.524. The summed E-state index contributed by atoms with van der Waals surface area (Å²) in [5.74, 6) is 1.40. The van der Waals surface area contributed by atoms with E-state index in [-0.39, 0.29) is 18.5 Å². The number of rotatable bonds is 8. The van der Waals surface area contributed by atoms with Crippen LogP contribution in [0.15, 0.2) is 4.99 Å².